The molecule has 1 aromatic rings. The number of hydrogen-bond acceptors (Lipinski definition) is 3. The van der Waals surface area contributed by atoms with E-state index in [0.717, 1.165) is 25.9 Å². The van der Waals surface area contributed by atoms with E-state index in [0.29, 0.717) is 23.7 Å². The van der Waals surface area contributed by atoms with Gasteiger partial charge in [0.25, 0.3) is 0 Å². The van der Waals surface area contributed by atoms with Gasteiger partial charge < -0.3 is 10.6 Å². The van der Waals surface area contributed by atoms with Crippen LogP contribution in [0.4, 0.5) is 0 Å². The number of carbonyl (C=O) groups is 1. The first kappa shape index (κ1) is 13.3. The highest BCUT2D eigenvalue weighted by molar-refractivity contribution is 5.80. The number of fused-ring (bicyclic) bond motifs is 2. The lowest BCUT2D eigenvalue weighted by molar-refractivity contribution is -0.138. The van der Waals surface area contributed by atoms with Gasteiger partial charge in [-0.3, -0.25) is 9.89 Å². The van der Waals surface area contributed by atoms with Gasteiger partial charge in [-0.25, -0.2) is 0 Å². The molecule has 0 aromatic carbocycles. The van der Waals surface area contributed by atoms with Gasteiger partial charge in [0.05, 0.1) is 5.92 Å². The summed E-state index contributed by atoms with van der Waals surface area (Å²) in [4.78, 5) is 14.9. The summed E-state index contributed by atoms with van der Waals surface area (Å²) in [6, 6.07) is 2.16. The van der Waals surface area contributed by atoms with Crippen molar-refractivity contribution < 1.29 is 4.79 Å². The number of rotatable bonds is 2. The maximum absolute atomic E-state index is 12.8. The molecular formula is C16H24N4O. The first-order chi connectivity index (χ1) is 10.2. The Morgan fingerprint density at radius 1 is 1.24 bits per heavy atom. The number of piperidine rings is 1. The maximum atomic E-state index is 12.8. The number of nitrogens with zero attached hydrogens (tertiary/aromatic N) is 2. The topological polar surface area (TPSA) is 75.0 Å². The highest BCUT2D eigenvalue weighted by Crippen LogP contribution is 2.48. The van der Waals surface area contributed by atoms with E-state index in [9.17, 15) is 4.79 Å². The molecule has 2 bridgehead atoms. The van der Waals surface area contributed by atoms with Crippen LogP contribution in [-0.4, -0.2) is 40.1 Å². The zero-order valence-electron chi connectivity index (χ0n) is 12.4. The molecule has 2 aliphatic carbocycles. The van der Waals surface area contributed by atoms with E-state index in [1.54, 1.807) is 6.20 Å². The summed E-state index contributed by atoms with van der Waals surface area (Å²) < 4.78 is 0. The standard InChI is InChI=1S/C16H24N4O/c17-15-12-2-1-11(9-12)14(15)16(21)20-7-4-10(5-8-20)13-3-6-18-19-13/h3,6,10-12,14-15H,1-2,4-5,7-9,17H2,(H,18,19). The maximum Gasteiger partial charge on any atom is 0.227 e. The number of amides is 1. The third-order valence-corrected chi connectivity index (χ3v) is 6.03. The average Bonchev–Trinajstić information content (AvgIpc) is 3.24. The normalized spacial score (nSPS) is 36.3. The second-order valence-corrected chi connectivity index (χ2v) is 7.05. The van der Waals surface area contributed by atoms with Crippen LogP contribution >= 0.6 is 0 Å². The molecule has 4 unspecified atom stereocenters. The molecule has 1 aromatic heterocycles. The van der Waals surface area contributed by atoms with E-state index in [4.69, 9.17) is 5.73 Å². The molecule has 1 amide bonds. The summed E-state index contributed by atoms with van der Waals surface area (Å²) in [5, 5.41) is 7.09. The minimum atomic E-state index is 0.104. The molecular weight excluding hydrogens is 264 g/mol. The van der Waals surface area contributed by atoms with Crippen molar-refractivity contribution in [2.45, 2.75) is 44.1 Å². The van der Waals surface area contributed by atoms with Crippen molar-refractivity contribution in [1.82, 2.24) is 15.1 Å². The van der Waals surface area contributed by atoms with E-state index in [1.807, 2.05) is 6.07 Å². The van der Waals surface area contributed by atoms with Gasteiger partial charge in [-0.2, -0.15) is 5.10 Å². The number of hydrogen-bond donors (Lipinski definition) is 2. The third-order valence-electron chi connectivity index (χ3n) is 6.03. The number of nitrogens with one attached hydrogen (secondary N) is 1. The second kappa shape index (κ2) is 5.13. The zero-order chi connectivity index (χ0) is 14.4. The summed E-state index contributed by atoms with van der Waals surface area (Å²) in [6.07, 6.45) is 7.49. The van der Waals surface area contributed by atoms with Crippen molar-refractivity contribution >= 4 is 5.91 Å². The highest BCUT2D eigenvalue weighted by Gasteiger charge is 2.50. The van der Waals surface area contributed by atoms with Crippen LogP contribution in [0.3, 0.4) is 0 Å². The van der Waals surface area contributed by atoms with Crippen LogP contribution < -0.4 is 5.73 Å². The molecule has 2 saturated carbocycles. The molecule has 3 aliphatic rings. The Kier molecular flexibility index (Phi) is 3.25. The van der Waals surface area contributed by atoms with Gasteiger partial charge in [0.1, 0.15) is 0 Å². The van der Waals surface area contributed by atoms with E-state index in [1.165, 1.54) is 25.0 Å². The fraction of sp³-hybridized carbons (Fsp3) is 0.750. The van der Waals surface area contributed by atoms with Gasteiger partial charge in [0.15, 0.2) is 0 Å². The van der Waals surface area contributed by atoms with Crippen LogP contribution in [0.25, 0.3) is 0 Å². The zero-order valence-corrected chi connectivity index (χ0v) is 12.4. The summed E-state index contributed by atoms with van der Waals surface area (Å²) in [7, 11) is 0. The Bertz CT molecular complexity index is 504. The van der Waals surface area contributed by atoms with Crippen LogP contribution in [0.2, 0.25) is 0 Å². The van der Waals surface area contributed by atoms with Gasteiger partial charge in [-0.15, -0.1) is 0 Å². The molecule has 5 heteroatoms. The lowest BCUT2D eigenvalue weighted by Crippen LogP contribution is -2.49. The fourth-order valence-corrected chi connectivity index (χ4v) is 4.82. The Morgan fingerprint density at radius 3 is 2.62 bits per heavy atom. The molecule has 114 valence electrons. The van der Waals surface area contributed by atoms with Gasteiger partial charge >= 0.3 is 0 Å². The number of aromatic nitrogens is 2. The summed E-state index contributed by atoms with van der Waals surface area (Å²) in [5.41, 5.74) is 7.52. The van der Waals surface area contributed by atoms with Gasteiger partial charge in [-0.05, 0) is 50.0 Å². The molecule has 5 nitrogen and oxygen atoms in total. The summed E-state index contributed by atoms with van der Waals surface area (Å²) in [6.45, 7) is 1.73. The average molecular weight is 288 g/mol. The van der Waals surface area contributed by atoms with Gasteiger partial charge in [0, 0.05) is 36.9 Å². The third kappa shape index (κ3) is 2.18. The van der Waals surface area contributed by atoms with Crippen molar-refractivity contribution in [2.24, 2.45) is 23.5 Å². The Labute approximate surface area is 125 Å². The SMILES string of the molecule is NC1C2CCC(C2)C1C(=O)N1CCC(c2ccn[nH]2)CC1. The minimum Gasteiger partial charge on any atom is -0.342 e. The molecule has 1 saturated heterocycles. The van der Waals surface area contributed by atoms with Crippen molar-refractivity contribution in [1.29, 1.82) is 0 Å². The number of H-pyrrole nitrogens is 1. The Morgan fingerprint density at radius 2 is 2.00 bits per heavy atom. The van der Waals surface area contributed by atoms with E-state index in [-0.39, 0.29) is 12.0 Å². The minimum absolute atomic E-state index is 0.104. The number of carbonyl (C=O) groups excluding carboxylic acids is 1. The molecule has 21 heavy (non-hydrogen) atoms. The fourth-order valence-electron chi connectivity index (χ4n) is 4.82. The first-order valence-corrected chi connectivity index (χ1v) is 8.27. The smallest absolute Gasteiger partial charge is 0.227 e. The molecule has 1 aliphatic heterocycles. The molecule has 2 heterocycles. The Balaban J connectivity index is 1.39. The predicted molar refractivity (Wildman–Crippen MR) is 79.4 cm³/mol. The second-order valence-electron chi connectivity index (χ2n) is 7.05. The highest BCUT2D eigenvalue weighted by atomic mass is 16.2. The molecule has 3 fully saturated rings. The van der Waals surface area contributed by atoms with E-state index >= 15 is 0 Å². The van der Waals surface area contributed by atoms with Crippen molar-refractivity contribution in [3.63, 3.8) is 0 Å². The lowest BCUT2D eigenvalue weighted by atomic mass is 9.83. The van der Waals surface area contributed by atoms with E-state index in [2.05, 4.69) is 15.1 Å². The first-order valence-electron chi connectivity index (χ1n) is 8.27. The Hall–Kier alpha value is -1.36. The monoisotopic (exact) mass is 288 g/mol. The van der Waals surface area contributed by atoms with Crippen molar-refractivity contribution in [3.05, 3.63) is 18.0 Å². The van der Waals surface area contributed by atoms with Gasteiger partial charge in [-0.1, -0.05) is 0 Å². The molecule has 0 spiro atoms. The quantitative estimate of drug-likeness (QED) is 0.865. The van der Waals surface area contributed by atoms with Crippen LogP contribution in [-0.2, 0) is 4.79 Å². The van der Waals surface area contributed by atoms with Crippen molar-refractivity contribution in [3.8, 4) is 0 Å². The van der Waals surface area contributed by atoms with Crippen LogP contribution in [0, 0.1) is 17.8 Å². The van der Waals surface area contributed by atoms with Crippen LogP contribution in [0.5, 0.6) is 0 Å². The molecule has 0 radical (unpaired) electrons. The molecule has 4 rings (SSSR count). The van der Waals surface area contributed by atoms with Crippen molar-refractivity contribution in [2.75, 3.05) is 13.1 Å². The van der Waals surface area contributed by atoms with Crippen LogP contribution in [0.15, 0.2) is 12.3 Å². The van der Waals surface area contributed by atoms with E-state index < -0.39 is 0 Å². The predicted octanol–water partition coefficient (Wildman–Crippen LogP) is 1.49. The van der Waals surface area contributed by atoms with Crippen LogP contribution in [0.1, 0.15) is 43.7 Å². The number of aromatic amines is 1. The van der Waals surface area contributed by atoms with Gasteiger partial charge in [0.2, 0.25) is 5.91 Å². The molecule has 4 atom stereocenters. The molecule has 3 N–H and O–H groups in total. The number of likely N-dealkylation sites (tertiary alicyclic amines) is 1. The number of nitrogens with two attached hydrogens (primary N) is 1. The summed E-state index contributed by atoms with van der Waals surface area (Å²) in [5.74, 6) is 2.12. The largest absolute Gasteiger partial charge is 0.342 e. The lowest BCUT2D eigenvalue weighted by Gasteiger charge is -2.36. The summed E-state index contributed by atoms with van der Waals surface area (Å²) >= 11 is 0.